The van der Waals surface area contributed by atoms with Gasteiger partial charge in [-0.1, -0.05) is 12.2 Å². The van der Waals surface area contributed by atoms with Crippen LogP contribution in [0.15, 0.2) is 25.3 Å². The highest BCUT2D eigenvalue weighted by Gasteiger charge is 2.31. The van der Waals surface area contributed by atoms with Crippen LogP contribution in [0.4, 0.5) is 0 Å². The van der Waals surface area contributed by atoms with Crippen LogP contribution in [0.3, 0.4) is 0 Å². The number of rotatable bonds is 5. The molecule has 16 heavy (non-hydrogen) atoms. The highest BCUT2D eigenvalue weighted by molar-refractivity contribution is 4.69. The summed E-state index contributed by atoms with van der Waals surface area (Å²) in [6, 6.07) is 0. The van der Waals surface area contributed by atoms with Crippen molar-refractivity contribution in [2.24, 2.45) is 0 Å². The summed E-state index contributed by atoms with van der Waals surface area (Å²) in [6.45, 7) is 12.4. The van der Waals surface area contributed by atoms with Crippen molar-refractivity contribution in [1.82, 2.24) is 0 Å². The average Bonchev–Trinajstić information content (AvgIpc) is 2.60. The molecule has 0 saturated carbocycles. The average molecular weight is 230 g/mol. The van der Waals surface area contributed by atoms with Crippen molar-refractivity contribution in [3.8, 4) is 0 Å². The normalized spacial score (nSPS) is 22.1. The third-order valence-electron chi connectivity index (χ3n) is 1.74. The van der Waals surface area contributed by atoms with Crippen molar-refractivity contribution in [2.45, 2.75) is 25.7 Å². The fraction of sp³-hybridized carbons (Fsp3) is 0.667. The number of aliphatic hydroxyl groups is 1. The lowest BCUT2D eigenvalue weighted by Crippen LogP contribution is -2.22. The molecule has 1 atom stereocenters. The fourth-order valence-electron chi connectivity index (χ4n) is 1.09. The SMILES string of the molecule is C=CCOCC=C.CC1(C)OCC(CO)O1. The van der Waals surface area contributed by atoms with Gasteiger partial charge in [-0.2, -0.15) is 0 Å². The van der Waals surface area contributed by atoms with Gasteiger partial charge >= 0.3 is 0 Å². The molecule has 0 radical (unpaired) electrons. The second-order valence-corrected chi connectivity index (χ2v) is 3.75. The molecule has 1 rings (SSSR count). The van der Waals surface area contributed by atoms with Crippen LogP contribution in [0.2, 0.25) is 0 Å². The van der Waals surface area contributed by atoms with Crippen molar-refractivity contribution >= 4 is 0 Å². The van der Waals surface area contributed by atoms with Crippen LogP contribution >= 0.6 is 0 Å². The first-order valence-corrected chi connectivity index (χ1v) is 5.28. The van der Waals surface area contributed by atoms with E-state index in [9.17, 15) is 0 Å². The summed E-state index contributed by atoms with van der Waals surface area (Å²) in [5, 5.41) is 8.59. The van der Waals surface area contributed by atoms with E-state index in [4.69, 9.17) is 19.3 Å². The number of aliphatic hydroxyl groups excluding tert-OH is 1. The Bertz CT molecular complexity index is 193. The zero-order valence-electron chi connectivity index (χ0n) is 10.1. The van der Waals surface area contributed by atoms with E-state index in [1.807, 2.05) is 13.8 Å². The predicted molar refractivity (Wildman–Crippen MR) is 63.2 cm³/mol. The first-order valence-electron chi connectivity index (χ1n) is 5.28. The van der Waals surface area contributed by atoms with E-state index >= 15 is 0 Å². The molecule has 0 aromatic rings. The Labute approximate surface area is 97.5 Å². The first-order chi connectivity index (χ1) is 7.55. The van der Waals surface area contributed by atoms with E-state index in [1.54, 1.807) is 12.2 Å². The van der Waals surface area contributed by atoms with Crippen LogP contribution in [0, 0.1) is 0 Å². The summed E-state index contributed by atoms with van der Waals surface area (Å²) in [7, 11) is 0. The molecule has 1 unspecified atom stereocenters. The van der Waals surface area contributed by atoms with Crippen LogP contribution in [0.25, 0.3) is 0 Å². The summed E-state index contributed by atoms with van der Waals surface area (Å²) in [4.78, 5) is 0. The van der Waals surface area contributed by atoms with Crippen LogP contribution < -0.4 is 0 Å². The standard InChI is InChI=1S/C6H12O3.C6H10O/c1-6(2)8-4-5(3-7)9-6;1-3-5-7-6-4-2/h5,7H,3-4H2,1-2H3;3-4H,1-2,5-6H2. The number of ether oxygens (including phenoxy) is 3. The van der Waals surface area contributed by atoms with Crippen molar-refractivity contribution in [1.29, 1.82) is 0 Å². The largest absolute Gasteiger partial charge is 0.394 e. The minimum absolute atomic E-state index is 0.0451. The minimum atomic E-state index is -0.493. The monoisotopic (exact) mass is 230 g/mol. The molecular formula is C12H22O4. The third kappa shape index (κ3) is 7.59. The van der Waals surface area contributed by atoms with Crippen LogP contribution in [-0.4, -0.2) is 43.4 Å². The van der Waals surface area contributed by atoms with E-state index in [2.05, 4.69) is 13.2 Å². The Hall–Kier alpha value is -0.680. The Kier molecular flexibility index (Phi) is 8.11. The summed E-state index contributed by atoms with van der Waals surface area (Å²) in [6.07, 6.45) is 3.30. The van der Waals surface area contributed by atoms with Crippen LogP contribution in [-0.2, 0) is 14.2 Å². The van der Waals surface area contributed by atoms with E-state index in [0.717, 1.165) is 0 Å². The molecule has 1 fully saturated rings. The molecule has 4 nitrogen and oxygen atoms in total. The van der Waals surface area contributed by atoms with Crippen LogP contribution in [0.5, 0.6) is 0 Å². The smallest absolute Gasteiger partial charge is 0.163 e. The molecule has 0 bridgehead atoms. The quantitative estimate of drug-likeness (QED) is 0.574. The van der Waals surface area contributed by atoms with E-state index < -0.39 is 5.79 Å². The zero-order valence-corrected chi connectivity index (χ0v) is 10.1. The number of hydrogen-bond acceptors (Lipinski definition) is 4. The maximum absolute atomic E-state index is 8.59. The van der Waals surface area contributed by atoms with Gasteiger partial charge < -0.3 is 19.3 Å². The minimum Gasteiger partial charge on any atom is -0.394 e. The molecule has 1 saturated heterocycles. The molecule has 0 aromatic carbocycles. The molecule has 0 aromatic heterocycles. The zero-order chi connectivity index (χ0) is 12.4. The Morgan fingerprint density at radius 1 is 1.38 bits per heavy atom. The van der Waals surface area contributed by atoms with Crippen molar-refractivity contribution in [2.75, 3.05) is 26.4 Å². The second-order valence-electron chi connectivity index (χ2n) is 3.75. The van der Waals surface area contributed by atoms with E-state index in [1.165, 1.54) is 0 Å². The lowest BCUT2D eigenvalue weighted by molar-refractivity contribution is -0.142. The summed E-state index contributed by atoms with van der Waals surface area (Å²) < 4.78 is 15.3. The maximum atomic E-state index is 8.59. The van der Waals surface area contributed by atoms with Gasteiger partial charge in [-0.05, 0) is 13.8 Å². The van der Waals surface area contributed by atoms with Crippen molar-refractivity contribution in [3.63, 3.8) is 0 Å². The summed E-state index contributed by atoms with van der Waals surface area (Å²) in [5.41, 5.74) is 0. The van der Waals surface area contributed by atoms with Gasteiger partial charge in [0.1, 0.15) is 6.10 Å². The molecular weight excluding hydrogens is 208 g/mol. The lowest BCUT2D eigenvalue weighted by Gasteiger charge is -2.15. The first kappa shape index (κ1) is 15.3. The van der Waals surface area contributed by atoms with Gasteiger partial charge in [-0.15, -0.1) is 13.2 Å². The number of hydrogen-bond donors (Lipinski definition) is 1. The highest BCUT2D eigenvalue weighted by atomic mass is 16.7. The predicted octanol–water partition coefficient (Wildman–Crippen LogP) is 1.51. The van der Waals surface area contributed by atoms with Gasteiger partial charge in [0.05, 0.1) is 26.4 Å². The van der Waals surface area contributed by atoms with Crippen molar-refractivity contribution < 1.29 is 19.3 Å². The summed E-state index contributed by atoms with van der Waals surface area (Å²) >= 11 is 0. The molecule has 94 valence electrons. The van der Waals surface area contributed by atoms with Gasteiger partial charge in [0.2, 0.25) is 0 Å². The fourth-order valence-corrected chi connectivity index (χ4v) is 1.09. The van der Waals surface area contributed by atoms with Gasteiger partial charge in [-0.25, -0.2) is 0 Å². The second kappa shape index (κ2) is 8.47. The van der Waals surface area contributed by atoms with E-state index in [0.29, 0.717) is 19.8 Å². The van der Waals surface area contributed by atoms with Crippen molar-refractivity contribution in [3.05, 3.63) is 25.3 Å². The molecule has 0 aliphatic carbocycles. The molecule has 0 amide bonds. The highest BCUT2D eigenvalue weighted by Crippen LogP contribution is 2.21. The van der Waals surface area contributed by atoms with E-state index in [-0.39, 0.29) is 12.7 Å². The Balaban J connectivity index is 0.000000293. The molecule has 1 N–H and O–H groups in total. The van der Waals surface area contributed by atoms with Gasteiger partial charge in [0, 0.05) is 0 Å². The van der Waals surface area contributed by atoms with Gasteiger partial charge in [-0.3, -0.25) is 0 Å². The molecule has 1 heterocycles. The van der Waals surface area contributed by atoms with Gasteiger partial charge in [0.15, 0.2) is 5.79 Å². The Morgan fingerprint density at radius 3 is 2.19 bits per heavy atom. The topological polar surface area (TPSA) is 47.9 Å². The molecule has 1 aliphatic heterocycles. The molecule has 0 spiro atoms. The molecule has 4 heteroatoms. The van der Waals surface area contributed by atoms with Gasteiger partial charge in [0.25, 0.3) is 0 Å². The third-order valence-corrected chi connectivity index (χ3v) is 1.74. The summed E-state index contributed by atoms with van der Waals surface area (Å²) in [5.74, 6) is -0.493. The Morgan fingerprint density at radius 2 is 1.94 bits per heavy atom. The van der Waals surface area contributed by atoms with Crippen LogP contribution in [0.1, 0.15) is 13.8 Å². The maximum Gasteiger partial charge on any atom is 0.163 e. The molecule has 1 aliphatic rings. The lowest BCUT2D eigenvalue weighted by atomic mass is 10.4.